The Labute approximate surface area is 230 Å². The molecule has 2 fully saturated rings. The van der Waals surface area contributed by atoms with Crippen molar-refractivity contribution in [2.24, 2.45) is 5.92 Å². The summed E-state index contributed by atoms with van der Waals surface area (Å²) in [6.07, 6.45) is 4.24. The molecule has 196 valence electrons. The fourth-order valence-corrected chi connectivity index (χ4v) is 6.39. The second-order valence-corrected chi connectivity index (χ2v) is 11.1. The van der Waals surface area contributed by atoms with Crippen LogP contribution in [0.1, 0.15) is 54.5 Å². The number of thiocarbonyl (C=S) groups is 1. The van der Waals surface area contributed by atoms with Crippen LogP contribution in [0.2, 0.25) is 5.02 Å². The molecular formula is C29H36ClN5OS. The highest BCUT2D eigenvalue weighted by Gasteiger charge is 2.42. The van der Waals surface area contributed by atoms with E-state index in [0.717, 1.165) is 47.6 Å². The number of benzene rings is 1. The summed E-state index contributed by atoms with van der Waals surface area (Å²) in [5.74, 6) is 0.773. The number of pyridine rings is 1. The highest BCUT2D eigenvalue weighted by atomic mass is 35.5. The number of methoxy groups -OCH3 is 1. The quantitative estimate of drug-likeness (QED) is 0.361. The van der Waals surface area contributed by atoms with E-state index in [1.807, 2.05) is 18.3 Å². The van der Waals surface area contributed by atoms with Crippen LogP contribution in [0.25, 0.3) is 0 Å². The molecule has 0 unspecified atom stereocenters. The normalized spacial score (nSPS) is 20.5. The average molecular weight is 538 g/mol. The van der Waals surface area contributed by atoms with Crippen LogP contribution < -0.4 is 15.1 Å². The van der Waals surface area contributed by atoms with Gasteiger partial charge in [0, 0.05) is 50.0 Å². The lowest BCUT2D eigenvalue weighted by atomic mass is 9.96. The van der Waals surface area contributed by atoms with Crippen molar-refractivity contribution in [3.05, 3.63) is 76.3 Å². The zero-order valence-electron chi connectivity index (χ0n) is 22.1. The minimum atomic E-state index is -0.0906. The van der Waals surface area contributed by atoms with Crippen LogP contribution in [-0.4, -0.2) is 41.5 Å². The SMILES string of the molecule is COCCn1c(C)cc([C@H]2[C@@H](c3ccccn3)NC(=S)N2c2ccc(N3CCC(C)CC3)c(Cl)c2)c1C. The van der Waals surface area contributed by atoms with Gasteiger partial charge in [0.1, 0.15) is 0 Å². The van der Waals surface area contributed by atoms with Gasteiger partial charge in [-0.05, 0) is 86.8 Å². The van der Waals surface area contributed by atoms with Gasteiger partial charge in [-0.25, -0.2) is 0 Å². The maximum atomic E-state index is 6.93. The number of ether oxygens (including phenoxy) is 1. The van der Waals surface area contributed by atoms with E-state index in [9.17, 15) is 0 Å². The molecule has 3 aromatic rings. The molecule has 5 rings (SSSR count). The Kier molecular flexibility index (Phi) is 7.75. The molecule has 1 aromatic carbocycles. The Morgan fingerprint density at radius 2 is 1.92 bits per heavy atom. The highest BCUT2D eigenvalue weighted by Crippen LogP contribution is 2.44. The number of nitrogens with one attached hydrogen (secondary N) is 1. The number of anilines is 2. The first-order chi connectivity index (χ1) is 17.9. The fourth-order valence-electron chi connectivity index (χ4n) is 5.75. The molecule has 0 saturated carbocycles. The zero-order chi connectivity index (χ0) is 26.1. The lowest BCUT2D eigenvalue weighted by Gasteiger charge is -2.33. The second-order valence-electron chi connectivity index (χ2n) is 10.3. The van der Waals surface area contributed by atoms with E-state index in [1.165, 1.54) is 29.8 Å². The van der Waals surface area contributed by atoms with Gasteiger partial charge in [-0.1, -0.05) is 24.6 Å². The van der Waals surface area contributed by atoms with Gasteiger partial charge in [-0.3, -0.25) is 4.98 Å². The minimum absolute atomic E-state index is 0.0670. The van der Waals surface area contributed by atoms with E-state index in [0.29, 0.717) is 11.7 Å². The van der Waals surface area contributed by atoms with Crippen LogP contribution in [0.5, 0.6) is 0 Å². The Morgan fingerprint density at radius 3 is 2.59 bits per heavy atom. The Morgan fingerprint density at radius 1 is 1.14 bits per heavy atom. The van der Waals surface area contributed by atoms with Crippen LogP contribution in [0, 0.1) is 19.8 Å². The maximum Gasteiger partial charge on any atom is 0.174 e. The van der Waals surface area contributed by atoms with E-state index in [4.69, 9.17) is 33.5 Å². The molecule has 2 aliphatic heterocycles. The first-order valence-electron chi connectivity index (χ1n) is 13.1. The first kappa shape index (κ1) is 26.0. The molecule has 2 aliphatic rings. The summed E-state index contributed by atoms with van der Waals surface area (Å²) < 4.78 is 7.70. The molecule has 2 saturated heterocycles. The molecule has 0 bridgehead atoms. The number of hydrogen-bond donors (Lipinski definition) is 1. The molecule has 2 aromatic heterocycles. The molecule has 2 atom stereocenters. The summed E-state index contributed by atoms with van der Waals surface area (Å²) in [5, 5.41) is 5.02. The van der Waals surface area contributed by atoms with Crippen LogP contribution >= 0.6 is 23.8 Å². The van der Waals surface area contributed by atoms with Gasteiger partial charge in [0.25, 0.3) is 0 Å². The zero-order valence-corrected chi connectivity index (χ0v) is 23.6. The van der Waals surface area contributed by atoms with Gasteiger partial charge >= 0.3 is 0 Å². The van der Waals surface area contributed by atoms with E-state index in [1.54, 1.807) is 7.11 Å². The average Bonchev–Trinajstić information content (AvgIpc) is 3.38. The number of rotatable bonds is 7. The molecule has 6 nitrogen and oxygen atoms in total. The van der Waals surface area contributed by atoms with Crippen molar-refractivity contribution in [1.29, 1.82) is 0 Å². The van der Waals surface area contributed by atoms with Gasteiger partial charge in [-0.15, -0.1) is 0 Å². The third-order valence-corrected chi connectivity index (χ3v) is 8.50. The van der Waals surface area contributed by atoms with E-state index in [-0.39, 0.29) is 12.1 Å². The van der Waals surface area contributed by atoms with E-state index < -0.39 is 0 Å². The Hall–Kier alpha value is -2.61. The number of piperidine rings is 1. The topological polar surface area (TPSA) is 45.6 Å². The summed E-state index contributed by atoms with van der Waals surface area (Å²) in [6, 6.07) is 14.5. The Bertz CT molecular complexity index is 1250. The largest absolute Gasteiger partial charge is 0.383 e. The number of hydrogen-bond acceptors (Lipinski definition) is 4. The number of aromatic nitrogens is 2. The number of aryl methyl sites for hydroxylation is 1. The lowest BCUT2D eigenvalue weighted by Crippen LogP contribution is -2.33. The molecule has 1 N–H and O–H groups in total. The van der Waals surface area contributed by atoms with Crippen molar-refractivity contribution < 1.29 is 4.74 Å². The lowest BCUT2D eigenvalue weighted by molar-refractivity contribution is 0.186. The summed E-state index contributed by atoms with van der Waals surface area (Å²) in [4.78, 5) is 9.32. The highest BCUT2D eigenvalue weighted by molar-refractivity contribution is 7.80. The third kappa shape index (κ3) is 5.09. The molecule has 0 amide bonds. The van der Waals surface area contributed by atoms with Gasteiger partial charge in [0.2, 0.25) is 0 Å². The standard InChI is InChI=1S/C29H36ClN5OS/c1-19-10-13-33(14-11-19)26-9-8-22(18-24(26)30)35-28(23-17-20(2)34(21(23)3)15-16-36-4)27(32-29(35)37)25-7-5-6-12-31-25/h5-9,12,17-19,27-28H,10-11,13-16H2,1-4H3,(H,32,37)/t27-,28+/m1/s1. The van der Waals surface area contributed by atoms with Gasteiger partial charge < -0.3 is 24.4 Å². The van der Waals surface area contributed by atoms with Crippen LogP contribution in [0.4, 0.5) is 11.4 Å². The third-order valence-electron chi connectivity index (χ3n) is 7.88. The molecule has 8 heteroatoms. The second kappa shape index (κ2) is 11.0. The molecular weight excluding hydrogens is 502 g/mol. The summed E-state index contributed by atoms with van der Waals surface area (Å²) in [5.41, 5.74) is 6.69. The smallest absolute Gasteiger partial charge is 0.174 e. The van der Waals surface area contributed by atoms with Crippen LogP contribution in [-0.2, 0) is 11.3 Å². The molecule has 4 heterocycles. The summed E-state index contributed by atoms with van der Waals surface area (Å²) in [6.45, 7) is 10.2. The van der Waals surface area contributed by atoms with Crippen LogP contribution in [0.15, 0.2) is 48.7 Å². The maximum absolute atomic E-state index is 6.93. The Balaban J connectivity index is 1.55. The van der Waals surface area contributed by atoms with Crippen molar-refractivity contribution in [2.45, 2.75) is 52.2 Å². The van der Waals surface area contributed by atoms with Crippen molar-refractivity contribution in [3.63, 3.8) is 0 Å². The van der Waals surface area contributed by atoms with Gasteiger partial charge in [0.05, 0.1) is 35.1 Å². The molecule has 0 radical (unpaired) electrons. The van der Waals surface area contributed by atoms with Gasteiger partial charge in [-0.2, -0.15) is 0 Å². The van der Waals surface area contributed by atoms with E-state index in [2.05, 4.69) is 70.8 Å². The monoisotopic (exact) mass is 537 g/mol. The predicted octanol–water partition coefficient (Wildman–Crippen LogP) is 6.21. The first-order valence-corrected chi connectivity index (χ1v) is 13.9. The van der Waals surface area contributed by atoms with E-state index >= 15 is 0 Å². The van der Waals surface area contributed by atoms with Crippen LogP contribution in [0.3, 0.4) is 0 Å². The summed E-state index contributed by atoms with van der Waals surface area (Å²) in [7, 11) is 1.74. The van der Waals surface area contributed by atoms with Crippen molar-refractivity contribution in [1.82, 2.24) is 14.9 Å². The number of halogens is 1. The summed E-state index contributed by atoms with van der Waals surface area (Å²) >= 11 is 12.9. The molecule has 37 heavy (non-hydrogen) atoms. The molecule has 0 aliphatic carbocycles. The number of nitrogens with zero attached hydrogens (tertiary/aromatic N) is 4. The van der Waals surface area contributed by atoms with Crippen molar-refractivity contribution in [3.8, 4) is 0 Å². The van der Waals surface area contributed by atoms with Crippen molar-refractivity contribution >= 4 is 40.3 Å². The fraction of sp³-hybridized carbons (Fsp3) is 0.448. The predicted molar refractivity (Wildman–Crippen MR) is 156 cm³/mol. The van der Waals surface area contributed by atoms with Gasteiger partial charge in [0.15, 0.2) is 5.11 Å². The minimum Gasteiger partial charge on any atom is -0.383 e. The molecule has 0 spiro atoms. The van der Waals surface area contributed by atoms with Crippen molar-refractivity contribution in [2.75, 3.05) is 36.6 Å².